The molecule has 0 spiro atoms. The number of anilines is 1. The summed E-state index contributed by atoms with van der Waals surface area (Å²) in [5, 5.41) is 5.20. The van der Waals surface area contributed by atoms with Crippen LogP contribution in [0, 0.1) is 13.8 Å². The fourth-order valence-electron chi connectivity index (χ4n) is 1.95. The minimum Gasteiger partial charge on any atom is -0.296 e. The highest BCUT2D eigenvalue weighted by Gasteiger charge is 2.12. The molecule has 6 nitrogen and oxygen atoms in total. The van der Waals surface area contributed by atoms with Crippen LogP contribution in [0.2, 0.25) is 0 Å². The number of hydrogen-bond donors (Lipinski definition) is 1. The number of pyridine rings is 1. The summed E-state index contributed by atoms with van der Waals surface area (Å²) in [7, 11) is 0. The fraction of sp³-hybridized carbons (Fsp3) is 0.133. The summed E-state index contributed by atoms with van der Waals surface area (Å²) in [6, 6.07) is 3.57. The molecular weight excluding hydrogens is 298 g/mol. The first-order chi connectivity index (χ1) is 10.6. The highest BCUT2D eigenvalue weighted by Crippen LogP contribution is 2.19. The van der Waals surface area contributed by atoms with Crippen molar-refractivity contribution in [3.05, 3.63) is 53.2 Å². The van der Waals surface area contributed by atoms with Crippen molar-refractivity contribution in [1.82, 2.24) is 19.9 Å². The monoisotopic (exact) mass is 311 g/mol. The molecule has 110 valence electrons. The molecule has 3 rings (SSSR count). The van der Waals surface area contributed by atoms with Crippen LogP contribution in [0.4, 0.5) is 5.13 Å². The van der Waals surface area contributed by atoms with Crippen LogP contribution in [-0.4, -0.2) is 25.8 Å². The third-order valence-corrected chi connectivity index (χ3v) is 3.76. The summed E-state index contributed by atoms with van der Waals surface area (Å²) in [4.78, 5) is 29.1. The Labute approximate surface area is 131 Å². The van der Waals surface area contributed by atoms with Crippen molar-refractivity contribution in [2.24, 2.45) is 0 Å². The molecule has 0 fully saturated rings. The van der Waals surface area contributed by atoms with E-state index in [1.807, 2.05) is 25.3 Å². The van der Waals surface area contributed by atoms with Crippen molar-refractivity contribution >= 4 is 22.4 Å². The lowest BCUT2D eigenvalue weighted by Crippen LogP contribution is -2.14. The first-order valence-corrected chi connectivity index (χ1v) is 7.48. The Balaban J connectivity index is 1.90. The van der Waals surface area contributed by atoms with E-state index in [-0.39, 0.29) is 5.91 Å². The summed E-state index contributed by atoms with van der Waals surface area (Å²) >= 11 is 1.38. The number of rotatable bonds is 3. The van der Waals surface area contributed by atoms with Gasteiger partial charge in [0, 0.05) is 29.0 Å². The molecule has 1 amide bonds. The van der Waals surface area contributed by atoms with Gasteiger partial charge in [-0.2, -0.15) is 0 Å². The molecular formula is C15H13N5OS. The second kappa shape index (κ2) is 5.98. The van der Waals surface area contributed by atoms with Crippen molar-refractivity contribution < 1.29 is 4.79 Å². The average Bonchev–Trinajstić information content (AvgIpc) is 2.92. The predicted molar refractivity (Wildman–Crippen MR) is 84.8 cm³/mol. The van der Waals surface area contributed by atoms with E-state index >= 15 is 0 Å². The van der Waals surface area contributed by atoms with Gasteiger partial charge in [0.05, 0.1) is 17.6 Å². The highest BCUT2D eigenvalue weighted by molar-refractivity contribution is 7.13. The number of thiazole rings is 1. The van der Waals surface area contributed by atoms with E-state index in [0.717, 1.165) is 17.0 Å². The van der Waals surface area contributed by atoms with Gasteiger partial charge in [-0.05, 0) is 26.0 Å². The number of aryl methyl sites for hydroxylation is 2. The van der Waals surface area contributed by atoms with Crippen LogP contribution in [0.1, 0.15) is 21.9 Å². The molecule has 0 aliphatic carbocycles. The van der Waals surface area contributed by atoms with Gasteiger partial charge in [-0.3, -0.25) is 20.1 Å². The lowest BCUT2D eigenvalue weighted by Gasteiger charge is -2.06. The molecule has 3 aromatic rings. The number of amides is 1. The Morgan fingerprint density at radius 3 is 2.68 bits per heavy atom. The normalized spacial score (nSPS) is 10.5. The SMILES string of the molecule is Cc1cc(-c2cnccn2)cc(C(=O)Nc2nc(C)cs2)n1. The van der Waals surface area contributed by atoms with Crippen LogP contribution in [0.5, 0.6) is 0 Å². The molecule has 7 heteroatoms. The van der Waals surface area contributed by atoms with Gasteiger partial charge >= 0.3 is 0 Å². The highest BCUT2D eigenvalue weighted by atomic mass is 32.1. The molecule has 1 N–H and O–H groups in total. The fourth-order valence-corrected chi connectivity index (χ4v) is 2.64. The first-order valence-electron chi connectivity index (χ1n) is 6.60. The molecule has 0 unspecified atom stereocenters. The van der Waals surface area contributed by atoms with Crippen LogP contribution >= 0.6 is 11.3 Å². The lowest BCUT2D eigenvalue weighted by atomic mass is 10.1. The minimum atomic E-state index is -0.289. The second-order valence-electron chi connectivity index (χ2n) is 4.72. The van der Waals surface area contributed by atoms with Crippen LogP contribution in [-0.2, 0) is 0 Å². The summed E-state index contributed by atoms with van der Waals surface area (Å²) in [5.74, 6) is -0.289. The molecule has 0 atom stereocenters. The predicted octanol–water partition coefficient (Wildman–Crippen LogP) is 2.86. The first kappa shape index (κ1) is 14.3. The third kappa shape index (κ3) is 3.15. The Hall–Kier alpha value is -2.67. The summed E-state index contributed by atoms with van der Waals surface area (Å²) in [6.45, 7) is 3.72. The standard InChI is InChI=1S/C15H13N5OS/c1-9-5-11(13-7-16-3-4-17-13)6-12(18-9)14(21)20-15-19-10(2)8-22-15/h3-8H,1-2H3,(H,19,20,21). The quantitative estimate of drug-likeness (QED) is 0.804. The van der Waals surface area contributed by atoms with Crippen molar-refractivity contribution in [3.63, 3.8) is 0 Å². The maximum Gasteiger partial charge on any atom is 0.276 e. The Bertz CT molecular complexity index is 816. The minimum absolute atomic E-state index is 0.289. The smallest absolute Gasteiger partial charge is 0.276 e. The van der Waals surface area contributed by atoms with Gasteiger partial charge in [0.1, 0.15) is 5.69 Å². The van der Waals surface area contributed by atoms with E-state index < -0.39 is 0 Å². The Kier molecular flexibility index (Phi) is 3.88. The molecule has 22 heavy (non-hydrogen) atoms. The van der Waals surface area contributed by atoms with E-state index in [0.29, 0.717) is 16.5 Å². The van der Waals surface area contributed by atoms with E-state index in [4.69, 9.17) is 0 Å². The largest absolute Gasteiger partial charge is 0.296 e. The number of nitrogens with one attached hydrogen (secondary N) is 1. The van der Waals surface area contributed by atoms with Crippen molar-refractivity contribution in [2.45, 2.75) is 13.8 Å². The third-order valence-electron chi connectivity index (χ3n) is 2.88. The maximum absolute atomic E-state index is 12.3. The van der Waals surface area contributed by atoms with Crippen LogP contribution < -0.4 is 5.32 Å². The maximum atomic E-state index is 12.3. The number of carbonyl (C=O) groups is 1. The second-order valence-corrected chi connectivity index (χ2v) is 5.58. The van der Waals surface area contributed by atoms with Gasteiger partial charge in [-0.25, -0.2) is 9.97 Å². The van der Waals surface area contributed by atoms with Gasteiger partial charge in [-0.1, -0.05) is 0 Å². The van der Waals surface area contributed by atoms with Gasteiger partial charge in [0.2, 0.25) is 0 Å². The molecule has 0 saturated heterocycles. The molecule has 0 aromatic carbocycles. The zero-order valence-corrected chi connectivity index (χ0v) is 12.9. The Morgan fingerprint density at radius 1 is 1.14 bits per heavy atom. The number of nitrogens with zero attached hydrogens (tertiary/aromatic N) is 4. The zero-order valence-electron chi connectivity index (χ0n) is 12.1. The number of hydrogen-bond acceptors (Lipinski definition) is 6. The van der Waals surface area contributed by atoms with Crippen LogP contribution in [0.25, 0.3) is 11.3 Å². The molecule has 0 saturated carbocycles. The molecule has 0 bridgehead atoms. The average molecular weight is 311 g/mol. The van der Waals surface area contributed by atoms with Gasteiger partial charge in [0.25, 0.3) is 5.91 Å². The van der Waals surface area contributed by atoms with E-state index in [1.165, 1.54) is 11.3 Å². The zero-order chi connectivity index (χ0) is 15.5. The molecule has 3 heterocycles. The molecule has 3 aromatic heterocycles. The number of aromatic nitrogens is 4. The Morgan fingerprint density at radius 2 is 2.00 bits per heavy atom. The topological polar surface area (TPSA) is 80.7 Å². The molecule has 0 aliphatic rings. The summed E-state index contributed by atoms with van der Waals surface area (Å²) < 4.78 is 0. The molecule has 0 radical (unpaired) electrons. The lowest BCUT2D eigenvalue weighted by molar-refractivity contribution is 0.102. The van der Waals surface area contributed by atoms with Gasteiger partial charge in [-0.15, -0.1) is 11.3 Å². The summed E-state index contributed by atoms with van der Waals surface area (Å²) in [5.41, 5.74) is 3.45. The van der Waals surface area contributed by atoms with Crippen LogP contribution in [0.15, 0.2) is 36.1 Å². The van der Waals surface area contributed by atoms with E-state index in [9.17, 15) is 4.79 Å². The number of carbonyl (C=O) groups excluding carboxylic acids is 1. The van der Waals surface area contributed by atoms with E-state index in [1.54, 1.807) is 24.7 Å². The van der Waals surface area contributed by atoms with Gasteiger partial charge < -0.3 is 0 Å². The van der Waals surface area contributed by atoms with Gasteiger partial charge in [0.15, 0.2) is 5.13 Å². The van der Waals surface area contributed by atoms with E-state index in [2.05, 4.69) is 25.3 Å². The van der Waals surface area contributed by atoms with Crippen LogP contribution in [0.3, 0.4) is 0 Å². The summed E-state index contributed by atoms with van der Waals surface area (Å²) in [6.07, 6.45) is 4.87. The molecule has 0 aliphatic heterocycles. The van der Waals surface area contributed by atoms with Crippen molar-refractivity contribution in [3.8, 4) is 11.3 Å². The van der Waals surface area contributed by atoms with Crippen molar-refractivity contribution in [2.75, 3.05) is 5.32 Å². The van der Waals surface area contributed by atoms with Crippen molar-refractivity contribution in [1.29, 1.82) is 0 Å².